The lowest BCUT2D eigenvalue weighted by atomic mass is 9.84. The molecule has 14 heavy (non-hydrogen) atoms. The average molecular weight is 215 g/mol. The smallest absolute Gasteiger partial charge is 0.211 e. The largest absolute Gasteiger partial charge is 0.212 e. The van der Waals surface area contributed by atoms with Crippen LogP contribution in [0.15, 0.2) is 12.2 Å². The third-order valence-corrected chi connectivity index (χ3v) is 4.74. The molecule has 1 saturated heterocycles. The van der Waals surface area contributed by atoms with E-state index in [1.54, 1.807) is 4.31 Å². The molecule has 0 N–H and O–H groups in total. The Morgan fingerprint density at radius 3 is 2.64 bits per heavy atom. The van der Waals surface area contributed by atoms with Crippen molar-refractivity contribution in [3.8, 4) is 0 Å². The van der Waals surface area contributed by atoms with Crippen LogP contribution in [0.1, 0.15) is 32.1 Å². The molecule has 0 saturated carbocycles. The van der Waals surface area contributed by atoms with Gasteiger partial charge in [-0.3, -0.25) is 0 Å². The van der Waals surface area contributed by atoms with E-state index in [0.717, 1.165) is 32.1 Å². The minimum absolute atomic E-state index is 0.0671. The quantitative estimate of drug-likeness (QED) is 0.622. The first-order valence-corrected chi connectivity index (χ1v) is 7.02. The number of allylic oxidation sites excluding steroid dienone is 1. The second-order valence-electron chi connectivity index (χ2n) is 4.38. The van der Waals surface area contributed by atoms with Gasteiger partial charge >= 0.3 is 0 Å². The lowest BCUT2D eigenvalue weighted by molar-refractivity contribution is 0.221. The van der Waals surface area contributed by atoms with Gasteiger partial charge < -0.3 is 0 Å². The van der Waals surface area contributed by atoms with Crippen LogP contribution in [0.3, 0.4) is 0 Å². The summed E-state index contributed by atoms with van der Waals surface area (Å²) in [6.07, 6.45) is 10.6. The van der Waals surface area contributed by atoms with Crippen LogP contribution >= 0.6 is 0 Å². The normalized spacial score (nSPS) is 34.1. The second kappa shape index (κ2) is 3.35. The summed E-state index contributed by atoms with van der Waals surface area (Å²) in [7, 11) is -3.01. The van der Waals surface area contributed by atoms with Gasteiger partial charge in [-0.2, -0.15) is 4.31 Å². The summed E-state index contributed by atoms with van der Waals surface area (Å²) in [5, 5.41) is 0. The monoisotopic (exact) mass is 215 g/mol. The minimum Gasteiger partial charge on any atom is -0.212 e. The Morgan fingerprint density at radius 2 is 2.07 bits per heavy atom. The molecule has 1 unspecified atom stereocenters. The van der Waals surface area contributed by atoms with E-state index in [1.165, 1.54) is 6.26 Å². The molecule has 4 heteroatoms. The molecule has 1 atom stereocenters. The molecule has 1 aliphatic carbocycles. The van der Waals surface area contributed by atoms with Crippen molar-refractivity contribution in [1.82, 2.24) is 4.31 Å². The molecule has 1 fully saturated rings. The van der Waals surface area contributed by atoms with E-state index < -0.39 is 10.0 Å². The van der Waals surface area contributed by atoms with E-state index in [4.69, 9.17) is 0 Å². The summed E-state index contributed by atoms with van der Waals surface area (Å²) in [4.78, 5) is 0. The molecule has 1 spiro atoms. The molecule has 0 radical (unpaired) electrons. The van der Waals surface area contributed by atoms with E-state index in [2.05, 4.69) is 12.2 Å². The fourth-order valence-electron chi connectivity index (χ4n) is 2.76. The topological polar surface area (TPSA) is 37.4 Å². The predicted octanol–water partition coefficient (Wildman–Crippen LogP) is 1.52. The maximum Gasteiger partial charge on any atom is 0.211 e. The van der Waals surface area contributed by atoms with Crippen molar-refractivity contribution in [2.75, 3.05) is 12.8 Å². The van der Waals surface area contributed by atoms with Crippen molar-refractivity contribution in [3.63, 3.8) is 0 Å². The minimum atomic E-state index is -3.01. The van der Waals surface area contributed by atoms with Crippen LogP contribution in [-0.4, -0.2) is 31.1 Å². The standard InChI is InChI=1S/C10H17NO2S/c1-14(12,13)11-9-5-8-10(11)6-3-2-4-7-10/h2-3H,4-9H2,1H3. The highest BCUT2D eigenvalue weighted by Crippen LogP contribution is 2.40. The van der Waals surface area contributed by atoms with Crippen LogP contribution in [0.25, 0.3) is 0 Å². The Hall–Kier alpha value is -0.350. The molecule has 80 valence electrons. The van der Waals surface area contributed by atoms with Crippen molar-refractivity contribution in [1.29, 1.82) is 0 Å². The summed E-state index contributed by atoms with van der Waals surface area (Å²) < 4.78 is 24.9. The molecular weight excluding hydrogens is 198 g/mol. The first kappa shape index (κ1) is 10.2. The highest BCUT2D eigenvalue weighted by Gasteiger charge is 2.44. The molecule has 0 aromatic rings. The Kier molecular flexibility index (Phi) is 2.43. The molecule has 0 aromatic heterocycles. The third kappa shape index (κ3) is 1.61. The molecule has 0 aromatic carbocycles. The molecule has 1 aliphatic heterocycles. The molecule has 1 heterocycles. The van der Waals surface area contributed by atoms with Gasteiger partial charge in [0.15, 0.2) is 0 Å². The number of hydrogen-bond acceptors (Lipinski definition) is 2. The van der Waals surface area contributed by atoms with E-state index in [1.807, 2.05) is 0 Å². The van der Waals surface area contributed by atoms with Gasteiger partial charge in [0.05, 0.1) is 6.26 Å². The van der Waals surface area contributed by atoms with Crippen LogP contribution in [0.5, 0.6) is 0 Å². The highest BCUT2D eigenvalue weighted by atomic mass is 32.2. The zero-order valence-electron chi connectivity index (χ0n) is 8.57. The first-order chi connectivity index (χ1) is 6.55. The maximum atomic E-state index is 11.6. The lowest BCUT2D eigenvalue weighted by Crippen LogP contribution is -2.47. The van der Waals surface area contributed by atoms with E-state index in [-0.39, 0.29) is 5.54 Å². The number of nitrogens with zero attached hydrogens (tertiary/aromatic N) is 1. The van der Waals surface area contributed by atoms with Gasteiger partial charge in [-0.05, 0) is 32.1 Å². The van der Waals surface area contributed by atoms with Gasteiger partial charge in [-0.15, -0.1) is 0 Å². The summed E-state index contributed by atoms with van der Waals surface area (Å²) in [5.41, 5.74) is -0.0671. The fourth-order valence-corrected chi connectivity index (χ4v) is 4.18. The summed E-state index contributed by atoms with van der Waals surface area (Å²) in [6, 6.07) is 0. The van der Waals surface area contributed by atoms with Gasteiger partial charge in [-0.1, -0.05) is 12.2 Å². The van der Waals surface area contributed by atoms with Crippen molar-refractivity contribution < 1.29 is 8.42 Å². The van der Waals surface area contributed by atoms with Crippen LogP contribution in [0, 0.1) is 0 Å². The van der Waals surface area contributed by atoms with E-state index in [9.17, 15) is 8.42 Å². The molecule has 2 aliphatic rings. The number of sulfonamides is 1. The van der Waals surface area contributed by atoms with E-state index >= 15 is 0 Å². The van der Waals surface area contributed by atoms with Crippen molar-refractivity contribution in [3.05, 3.63) is 12.2 Å². The van der Waals surface area contributed by atoms with Gasteiger partial charge in [0.25, 0.3) is 0 Å². The average Bonchev–Trinajstić information content (AvgIpc) is 2.49. The van der Waals surface area contributed by atoms with E-state index in [0.29, 0.717) is 6.54 Å². The van der Waals surface area contributed by atoms with Gasteiger partial charge in [-0.25, -0.2) is 8.42 Å². The Labute approximate surface area is 85.8 Å². The SMILES string of the molecule is CS(=O)(=O)N1CCCC12CC=CCC2. The number of rotatable bonds is 1. The third-order valence-electron chi connectivity index (χ3n) is 3.37. The Morgan fingerprint density at radius 1 is 1.29 bits per heavy atom. The van der Waals surface area contributed by atoms with Crippen LogP contribution in [-0.2, 0) is 10.0 Å². The molecular formula is C10H17NO2S. The maximum absolute atomic E-state index is 11.6. The molecule has 0 bridgehead atoms. The number of hydrogen-bond donors (Lipinski definition) is 0. The van der Waals surface area contributed by atoms with Crippen molar-refractivity contribution in [2.45, 2.75) is 37.6 Å². The van der Waals surface area contributed by atoms with Crippen LogP contribution in [0.4, 0.5) is 0 Å². The second-order valence-corrected chi connectivity index (χ2v) is 6.28. The zero-order valence-corrected chi connectivity index (χ0v) is 9.39. The van der Waals surface area contributed by atoms with Crippen molar-refractivity contribution >= 4 is 10.0 Å². The van der Waals surface area contributed by atoms with Gasteiger partial charge in [0, 0.05) is 12.1 Å². The van der Waals surface area contributed by atoms with Crippen LogP contribution in [0.2, 0.25) is 0 Å². The summed E-state index contributed by atoms with van der Waals surface area (Å²) in [5.74, 6) is 0. The van der Waals surface area contributed by atoms with Gasteiger partial charge in [0.2, 0.25) is 10.0 Å². The first-order valence-electron chi connectivity index (χ1n) is 5.17. The predicted molar refractivity (Wildman–Crippen MR) is 56.5 cm³/mol. The van der Waals surface area contributed by atoms with Crippen LogP contribution < -0.4 is 0 Å². The molecule has 2 rings (SSSR count). The van der Waals surface area contributed by atoms with Crippen molar-refractivity contribution in [2.24, 2.45) is 0 Å². The summed E-state index contributed by atoms with van der Waals surface area (Å²) >= 11 is 0. The zero-order chi connectivity index (χ0) is 10.2. The summed E-state index contributed by atoms with van der Waals surface area (Å²) in [6.45, 7) is 0.715. The molecule has 3 nitrogen and oxygen atoms in total. The van der Waals surface area contributed by atoms with Gasteiger partial charge in [0.1, 0.15) is 0 Å². The fraction of sp³-hybridized carbons (Fsp3) is 0.800. The Bertz CT molecular complexity index is 347. The molecule has 0 amide bonds. The Balaban J connectivity index is 2.30. The lowest BCUT2D eigenvalue weighted by Gasteiger charge is -2.38. The highest BCUT2D eigenvalue weighted by molar-refractivity contribution is 7.88.